The van der Waals surface area contributed by atoms with Crippen LogP contribution >= 0.6 is 0 Å². The van der Waals surface area contributed by atoms with Gasteiger partial charge in [-0.3, -0.25) is 4.99 Å². The van der Waals surface area contributed by atoms with Gasteiger partial charge in [-0.2, -0.15) is 0 Å². The van der Waals surface area contributed by atoms with Crippen molar-refractivity contribution in [3.05, 3.63) is 25.1 Å². The Kier molecular flexibility index (Phi) is 5.43. The number of nitrogens with zero attached hydrogens (tertiary/aromatic N) is 1. The first-order valence-corrected chi connectivity index (χ1v) is 2.50. The van der Waals surface area contributed by atoms with E-state index in [0.29, 0.717) is 0 Å². The summed E-state index contributed by atoms with van der Waals surface area (Å²) in [7, 11) is 1.94. The summed E-state index contributed by atoms with van der Waals surface area (Å²) in [5.74, 6) is 0. The van der Waals surface area contributed by atoms with E-state index in [9.17, 15) is 0 Å². The predicted molar refractivity (Wildman–Crippen MR) is 35.7 cm³/mol. The van der Waals surface area contributed by atoms with Crippen molar-refractivity contribution < 1.29 is 5.32 Å². The monoisotopic (exact) mass is 111 g/mol. The summed E-state index contributed by atoms with van der Waals surface area (Å²) < 4.78 is 0. The smallest absolute Gasteiger partial charge is 0.111 e. The maximum Gasteiger partial charge on any atom is 0.111 e. The number of nitrogens with two attached hydrogens (primary N) is 1. The summed E-state index contributed by atoms with van der Waals surface area (Å²) in [6, 6.07) is 0. The van der Waals surface area contributed by atoms with E-state index in [1.54, 1.807) is 18.5 Å². The van der Waals surface area contributed by atoms with Crippen LogP contribution in [0.15, 0.2) is 30.0 Å². The van der Waals surface area contributed by atoms with Gasteiger partial charge in [0.25, 0.3) is 0 Å². The molecule has 0 aliphatic carbocycles. The Morgan fingerprint density at radius 2 is 2.38 bits per heavy atom. The van der Waals surface area contributed by atoms with Gasteiger partial charge in [-0.05, 0) is 0 Å². The molecule has 0 aromatic rings. The van der Waals surface area contributed by atoms with Gasteiger partial charge in [-0.25, -0.2) is 0 Å². The van der Waals surface area contributed by atoms with Crippen molar-refractivity contribution in [1.29, 1.82) is 0 Å². The fourth-order valence-corrected chi connectivity index (χ4v) is 0.246. The first-order chi connectivity index (χ1) is 3.91. The van der Waals surface area contributed by atoms with E-state index in [1.807, 2.05) is 18.6 Å². The van der Waals surface area contributed by atoms with Crippen LogP contribution in [-0.4, -0.2) is 13.3 Å². The van der Waals surface area contributed by atoms with Crippen LogP contribution < -0.4 is 5.32 Å². The van der Waals surface area contributed by atoms with Gasteiger partial charge in [0.15, 0.2) is 0 Å². The van der Waals surface area contributed by atoms with Gasteiger partial charge >= 0.3 is 0 Å². The standard InChI is InChI=1S/C6H10N2/c1-3-4-8-6-5-7-2/h3-7H,1H2,2H3/p+1. The summed E-state index contributed by atoms with van der Waals surface area (Å²) in [4.78, 5) is 3.82. The average molecular weight is 111 g/mol. The highest BCUT2D eigenvalue weighted by Gasteiger charge is 1.60. The topological polar surface area (TPSA) is 29.0 Å². The molecule has 0 bridgehead atoms. The SMILES string of the molecule is C=CC=NC=C[NH2+]C. The Morgan fingerprint density at radius 1 is 1.62 bits per heavy atom. The summed E-state index contributed by atoms with van der Waals surface area (Å²) in [5, 5.41) is 1.92. The average Bonchev–Trinajstić information content (AvgIpc) is 1.81. The van der Waals surface area contributed by atoms with Crippen molar-refractivity contribution in [2.24, 2.45) is 4.99 Å². The van der Waals surface area contributed by atoms with Crippen molar-refractivity contribution in [2.75, 3.05) is 7.05 Å². The Hall–Kier alpha value is -0.890. The van der Waals surface area contributed by atoms with Gasteiger partial charge in [0.05, 0.1) is 13.2 Å². The maximum absolute atomic E-state index is 3.82. The second-order valence-electron chi connectivity index (χ2n) is 1.21. The lowest BCUT2D eigenvalue weighted by Gasteiger charge is -1.72. The third-order valence-electron chi connectivity index (χ3n) is 0.556. The molecule has 0 saturated carbocycles. The largest absolute Gasteiger partial charge is 0.321 e. The zero-order valence-corrected chi connectivity index (χ0v) is 5.04. The third-order valence-corrected chi connectivity index (χ3v) is 0.556. The Labute approximate surface area is 49.6 Å². The van der Waals surface area contributed by atoms with Crippen LogP contribution in [-0.2, 0) is 0 Å². The van der Waals surface area contributed by atoms with Crippen molar-refractivity contribution in [2.45, 2.75) is 0 Å². The highest BCUT2D eigenvalue weighted by Crippen LogP contribution is 1.63. The van der Waals surface area contributed by atoms with E-state index in [2.05, 4.69) is 11.6 Å². The van der Waals surface area contributed by atoms with Crippen molar-refractivity contribution in [1.82, 2.24) is 0 Å². The maximum atomic E-state index is 3.82. The van der Waals surface area contributed by atoms with Crippen LogP contribution in [0.1, 0.15) is 0 Å². The quantitative estimate of drug-likeness (QED) is 0.493. The molecule has 0 aromatic carbocycles. The summed E-state index contributed by atoms with van der Waals surface area (Å²) in [6.07, 6.45) is 6.85. The molecule has 0 saturated heterocycles. The fraction of sp³-hybridized carbons (Fsp3) is 0.167. The van der Waals surface area contributed by atoms with Gasteiger partial charge in [0.2, 0.25) is 0 Å². The van der Waals surface area contributed by atoms with Gasteiger partial charge < -0.3 is 5.32 Å². The lowest BCUT2D eigenvalue weighted by Crippen LogP contribution is -2.72. The molecule has 8 heavy (non-hydrogen) atoms. The molecule has 0 fully saturated rings. The molecule has 44 valence electrons. The number of aliphatic imine (C=N–C) groups is 1. The zero-order chi connectivity index (χ0) is 6.24. The van der Waals surface area contributed by atoms with E-state index >= 15 is 0 Å². The van der Waals surface area contributed by atoms with Crippen LogP contribution in [0.25, 0.3) is 0 Å². The number of hydrogen-bond acceptors (Lipinski definition) is 1. The molecule has 2 N–H and O–H groups in total. The van der Waals surface area contributed by atoms with Crippen LogP contribution in [0.3, 0.4) is 0 Å². The minimum absolute atomic E-state index is 1.64. The number of quaternary nitrogens is 1. The van der Waals surface area contributed by atoms with Gasteiger partial charge in [0.1, 0.15) is 6.20 Å². The summed E-state index contributed by atoms with van der Waals surface area (Å²) >= 11 is 0. The van der Waals surface area contributed by atoms with Gasteiger partial charge in [-0.1, -0.05) is 12.7 Å². The fourth-order valence-electron chi connectivity index (χ4n) is 0.246. The summed E-state index contributed by atoms with van der Waals surface area (Å²) in [6.45, 7) is 3.46. The number of hydrogen-bond donors (Lipinski definition) is 1. The second-order valence-corrected chi connectivity index (χ2v) is 1.21. The molecule has 0 rings (SSSR count). The molecule has 0 radical (unpaired) electrons. The molecule has 2 heteroatoms. The van der Waals surface area contributed by atoms with Crippen LogP contribution in [0.2, 0.25) is 0 Å². The van der Waals surface area contributed by atoms with E-state index in [1.165, 1.54) is 0 Å². The summed E-state index contributed by atoms with van der Waals surface area (Å²) in [5.41, 5.74) is 0. The third kappa shape index (κ3) is 5.11. The second kappa shape index (κ2) is 6.11. The number of allylic oxidation sites excluding steroid dienone is 1. The minimum atomic E-state index is 1.64. The highest BCUT2D eigenvalue weighted by molar-refractivity contribution is 5.70. The Bertz CT molecular complexity index is 103. The molecule has 0 spiro atoms. The lowest BCUT2D eigenvalue weighted by atomic mass is 10.7. The van der Waals surface area contributed by atoms with Crippen LogP contribution in [0.4, 0.5) is 0 Å². The minimum Gasteiger partial charge on any atom is -0.321 e. The van der Waals surface area contributed by atoms with Crippen molar-refractivity contribution in [3.63, 3.8) is 0 Å². The van der Waals surface area contributed by atoms with E-state index in [-0.39, 0.29) is 0 Å². The Morgan fingerprint density at radius 3 is 2.88 bits per heavy atom. The molecular weight excluding hydrogens is 100 g/mol. The molecule has 2 nitrogen and oxygen atoms in total. The van der Waals surface area contributed by atoms with Crippen molar-refractivity contribution in [3.8, 4) is 0 Å². The molecule has 0 amide bonds. The van der Waals surface area contributed by atoms with Gasteiger partial charge in [0, 0.05) is 6.21 Å². The van der Waals surface area contributed by atoms with E-state index in [4.69, 9.17) is 0 Å². The zero-order valence-electron chi connectivity index (χ0n) is 5.04. The molecule has 0 unspecified atom stereocenters. The molecular formula is C6H11N2+. The van der Waals surface area contributed by atoms with E-state index in [0.717, 1.165) is 0 Å². The molecule has 0 aliphatic heterocycles. The molecule has 0 aromatic heterocycles. The molecule has 0 aliphatic rings. The first-order valence-electron chi connectivity index (χ1n) is 2.50. The molecule has 0 atom stereocenters. The normalized spacial score (nSPS) is 11.1. The van der Waals surface area contributed by atoms with Gasteiger partial charge in [-0.15, -0.1) is 0 Å². The van der Waals surface area contributed by atoms with Crippen LogP contribution in [0.5, 0.6) is 0 Å². The highest BCUT2D eigenvalue weighted by atomic mass is 14.8. The Balaban J connectivity index is 3.26. The van der Waals surface area contributed by atoms with Crippen LogP contribution in [0, 0.1) is 0 Å². The lowest BCUT2D eigenvalue weighted by molar-refractivity contribution is -0.556. The molecule has 0 heterocycles. The first kappa shape index (κ1) is 7.11. The number of rotatable bonds is 3. The predicted octanol–water partition coefficient (Wildman–Crippen LogP) is -0.0924. The van der Waals surface area contributed by atoms with Crippen molar-refractivity contribution >= 4 is 6.21 Å². The van der Waals surface area contributed by atoms with E-state index < -0.39 is 0 Å².